The standard InChI is InChI=1S/C14H20N2O.ClH/c1-15-13-8-5-9-16(11-13)14(17)10-12-6-3-2-4-7-12;/h2-4,6-7,13,15H,5,8-11H2,1H3;1H. The lowest BCUT2D eigenvalue weighted by Crippen LogP contribution is -2.47. The monoisotopic (exact) mass is 268 g/mol. The first-order chi connectivity index (χ1) is 8.29. The maximum Gasteiger partial charge on any atom is 0.227 e. The van der Waals surface area contributed by atoms with E-state index in [1.165, 1.54) is 6.42 Å². The van der Waals surface area contributed by atoms with E-state index in [0.29, 0.717) is 12.5 Å². The minimum atomic E-state index is 0. The molecule has 1 amide bonds. The van der Waals surface area contributed by atoms with Crippen LogP contribution in [0.4, 0.5) is 0 Å². The summed E-state index contributed by atoms with van der Waals surface area (Å²) in [6.45, 7) is 1.76. The first kappa shape index (κ1) is 15.0. The number of nitrogens with one attached hydrogen (secondary N) is 1. The number of halogens is 1. The van der Waals surface area contributed by atoms with E-state index in [2.05, 4.69) is 5.32 Å². The molecule has 1 saturated heterocycles. The van der Waals surface area contributed by atoms with Gasteiger partial charge in [0.15, 0.2) is 0 Å². The van der Waals surface area contributed by atoms with Gasteiger partial charge in [-0.2, -0.15) is 0 Å². The molecule has 1 aliphatic rings. The van der Waals surface area contributed by atoms with Gasteiger partial charge in [-0.3, -0.25) is 4.79 Å². The van der Waals surface area contributed by atoms with Crippen molar-refractivity contribution in [3.05, 3.63) is 35.9 Å². The predicted octanol–water partition coefficient (Wildman–Crippen LogP) is 1.86. The van der Waals surface area contributed by atoms with Crippen LogP contribution in [0, 0.1) is 0 Å². The molecule has 0 aliphatic carbocycles. The van der Waals surface area contributed by atoms with E-state index in [4.69, 9.17) is 0 Å². The topological polar surface area (TPSA) is 32.3 Å². The van der Waals surface area contributed by atoms with Crippen molar-refractivity contribution in [2.75, 3.05) is 20.1 Å². The van der Waals surface area contributed by atoms with Gasteiger partial charge in [0.25, 0.3) is 0 Å². The fraction of sp³-hybridized carbons (Fsp3) is 0.500. The number of carbonyl (C=O) groups is 1. The van der Waals surface area contributed by atoms with Gasteiger partial charge in [-0.25, -0.2) is 0 Å². The van der Waals surface area contributed by atoms with Crippen molar-refractivity contribution in [1.29, 1.82) is 0 Å². The Kier molecular flexibility index (Phi) is 6.16. The second kappa shape index (κ2) is 7.39. The summed E-state index contributed by atoms with van der Waals surface area (Å²) in [5, 5.41) is 3.26. The highest BCUT2D eigenvalue weighted by atomic mass is 35.5. The van der Waals surface area contributed by atoms with Crippen LogP contribution in [0.2, 0.25) is 0 Å². The summed E-state index contributed by atoms with van der Waals surface area (Å²) in [7, 11) is 1.97. The fourth-order valence-corrected chi connectivity index (χ4v) is 2.32. The molecule has 1 unspecified atom stereocenters. The first-order valence-corrected chi connectivity index (χ1v) is 6.28. The molecule has 1 atom stereocenters. The number of carbonyl (C=O) groups excluding carboxylic acids is 1. The van der Waals surface area contributed by atoms with E-state index in [1.807, 2.05) is 42.3 Å². The number of amides is 1. The van der Waals surface area contributed by atoms with Gasteiger partial charge in [-0.15, -0.1) is 12.4 Å². The van der Waals surface area contributed by atoms with Gasteiger partial charge in [0.1, 0.15) is 0 Å². The molecule has 0 spiro atoms. The van der Waals surface area contributed by atoms with Gasteiger partial charge in [0.05, 0.1) is 6.42 Å². The minimum Gasteiger partial charge on any atom is -0.341 e. The summed E-state index contributed by atoms with van der Waals surface area (Å²) in [4.78, 5) is 14.1. The first-order valence-electron chi connectivity index (χ1n) is 6.28. The zero-order valence-corrected chi connectivity index (χ0v) is 11.6. The van der Waals surface area contributed by atoms with Crippen LogP contribution < -0.4 is 5.32 Å². The molecule has 1 aromatic rings. The smallest absolute Gasteiger partial charge is 0.227 e. The van der Waals surface area contributed by atoms with Crippen LogP contribution in [-0.4, -0.2) is 37.0 Å². The third-order valence-electron chi connectivity index (χ3n) is 3.38. The van der Waals surface area contributed by atoms with Crippen molar-refractivity contribution in [1.82, 2.24) is 10.2 Å². The molecule has 0 radical (unpaired) electrons. The van der Waals surface area contributed by atoms with Crippen molar-refractivity contribution in [2.24, 2.45) is 0 Å². The second-order valence-electron chi connectivity index (χ2n) is 4.63. The van der Waals surface area contributed by atoms with Crippen LogP contribution in [0.15, 0.2) is 30.3 Å². The molecule has 100 valence electrons. The van der Waals surface area contributed by atoms with E-state index in [1.54, 1.807) is 0 Å². The number of nitrogens with zero attached hydrogens (tertiary/aromatic N) is 1. The quantitative estimate of drug-likeness (QED) is 0.908. The molecule has 1 heterocycles. The summed E-state index contributed by atoms with van der Waals surface area (Å²) in [6.07, 6.45) is 2.80. The van der Waals surface area contributed by atoms with Crippen molar-refractivity contribution in [2.45, 2.75) is 25.3 Å². The van der Waals surface area contributed by atoms with E-state index in [-0.39, 0.29) is 18.3 Å². The summed E-state index contributed by atoms with van der Waals surface area (Å²) in [5.41, 5.74) is 1.10. The number of rotatable bonds is 3. The molecule has 4 heteroatoms. The number of likely N-dealkylation sites (N-methyl/N-ethyl adjacent to an activating group) is 1. The van der Waals surface area contributed by atoms with Crippen LogP contribution in [0.1, 0.15) is 18.4 Å². The van der Waals surface area contributed by atoms with Crippen molar-refractivity contribution in [3.63, 3.8) is 0 Å². The van der Waals surface area contributed by atoms with Crippen molar-refractivity contribution in [3.8, 4) is 0 Å². The lowest BCUT2D eigenvalue weighted by Gasteiger charge is -2.32. The third kappa shape index (κ3) is 4.00. The average molecular weight is 269 g/mol. The maximum absolute atomic E-state index is 12.1. The Balaban J connectivity index is 0.00000162. The van der Waals surface area contributed by atoms with E-state index in [0.717, 1.165) is 25.1 Å². The number of likely N-dealkylation sites (tertiary alicyclic amines) is 1. The Morgan fingerprint density at radius 1 is 1.39 bits per heavy atom. The Morgan fingerprint density at radius 2 is 2.11 bits per heavy atom. The van der Waals surface area contributed by atoms with Crippen molar-refractivity contribution >= 4 is 18.3 Å². The lowest BCUT2D eigenvalue weighted by atomic mass is 10.0. The van der Waals surface area contributed by atoms with Crippen LogP contribution in [0.3, 0.4) is 0 Å². The summed E-state index contributed by atoms with van der Waals surface area (Å²) < 4.78 is 0. The van der Waals surface area contributed by atoms with Gasteiger partial charge in [-0.05, 0) is 25.5 Å². The van der Waals surface area contributed by atoms with Gasteiger partial charge >= 0.3 is 0 Å². The molecule has 3 nitrogen and oxygen atoms in total. The molecule has 0 bridgehead atoms. The highest BCUT2D eigenvalue weighted by Gasteiger charge is 2.22. The van der Waals surface area contributed by atoms with Gasteiger partial charge in [0, 0.05) is 19.1 Å². The van der Waals surface area contributed by atoms with Crippen LogP contribution in [-0.2, 0) is 11.2 Å². The molecule has 18 heavy (non-hydrogen) atoms. The zero-order valence-electron chi connectivity index (χ0n) is 10.8. The number of hydrogen-bond acceptors (Lipinski definition) is 2. The molecule has 2 rings (SSSR count). The Hall–Kier alpha value is -1.06. The largest absolute Gasteiger partial charge is 0.341 e. The maximum atomic E-state index is 12.1. The van der Waals surface area contributed by atoms with Crippen LogP contribution in [0.25, 0.3) is 0 Å². The van der Waals surface area contributed by atoms with Crippen molar-refractivity contribution < 1.29 is 4.79 Å². The zero-order chi connectivity index (χ0) is 12.1. The Labute approximate surface area is 115 Å². The fourth-order valence-electron chi connectivity index (χ4n) is 2.32. The lowest BCUT2D eigenvalue weighted by molar-refractivity contribution is -0.131. The normalized spacial score (nSPS) is 19.2. The van der Waals surface area contributed by atoms with Gasteiger partial charge < -0.3 is 10.2 Å². The third-order valence-corrected chi connectivity index (χ3v) is 3.38. The summed E-state index contributed by atoms with van der Waals surface area (Å²) in [6, 6.07) is 10.4. The van der Waals surface area contributed by atoms with Crippen LogP contribution >= 0.6 is 12.4 Å². The number of piperidine rings is 1. The number of hydrogen-bond donors (Lipinski definition) is 1. The van der Waals surface area contributed by atoms with E-state index in [9.17, 15) is 4.79 Å². The van der Waals surface area contributed by atoms with Crippen LogP contribution in [0.5, 0.6) is 0 Å². The second-order valence-corrected chi connectivity index (χ2v) is 4.63. The highest BCUT2D eigenvalue weighted by molar-refractivity contribution is 5.85. The average Bonchev–Trinajstić information content (AvgIpc) is 2.40. The number of benzene rings is 1. The molecule has 0 saturated carbocycles. The van der Waals surface area contributed by atoms with E-state index < -0.39 is 0 Å². The van der Waals surface area contributed by atoms with Gasteiger partial charge in [-0.1, -0.05) is 30.3 Å². The van der Waals surface area contributed by atoms with E-state index >= 15 is 0 Å². The predicted molar refractivity (Wildman–Crippen MR) is 76.1 cm³/mol. The molecule has 1 fully saturated rings. The Bertz CT molecular complexity index is 369. The molecular formula is C14H21ClN2O. The van der Waals surface area contributed by atoms with Gasteiger partial charge in [0.2, 0.25) is 5.91 Å². The minimum absolute atomic E-state index is 0. The highest BCUT2D eigenvalue weighted by Crippen LogP contribution is 2.11. The molecule has 1 N–H and O–H groups in total. The molecule has 0 aromatic heterocycles. The summed E-state index contributed by atoms with van der Waals surface area (Å²) >= 11 is 0. The Morgan fingerprint density at radius 3 is 2.78 bits per heavy atom. The SMILES string of the molecule is CNC1CCCN(C(=O)Cc2ccccc2)C1.Cl. The summed E-state index contributed by atoms with van der Waals surface area (Å²) in [5.74, 6) is 0.246. The molecule has 1 aromatic carbocycles. The molecular weight excluding hydrogens is 248 g/mol. The molecule has 1 aliphatic heterocycles.